The first-order valence-electron chi connectivity index (χ1n) is 8.50. The van der Waals surface area contributed by atoms with Gasteiger partial charge in [-0.25, -0.2) is 4.99 Å². The minimum absolute atomic E-state index is 0.562. The van der Waals surface area contributed by atoms with Crippen LogP contribution in [-0.2, 0) is 11.3 Å². The molecule has 1 aliphatic heterocycles. The Morgan fingerprint density at radius 3 is 2.87 bits per heavy atom. The number of nitrogens with one attached hydrogen (secondary N) is 2. The van der Waals surface area contributed by atoms with Gasteiger partial charge >= 0.3 is 0 Å². The van der Waals surface area contributed by atoms with Crippen LogP contribution in [0.3, 0.4) is 0 Å². The van der Waals surface area contributed by atoms with E-state index in [1.54, 1.807) is 6.20 Å². The van der Waals surface area contributed by atoms with E-state index < -0.39 is 0 Å². The summed E-state index contributed by atoms with van der Waals surface area (Å²) < 4.78 is 5.39. The van der Waals surface area contributed by atoms with Crippen LogP contribution >= 0.6 is 0 Å². The number of hydrogen-bond donors (Lipinski definition) is 2. The topological polar surface area (TPSA) is 61.8 Å². The smallest absolute Gasteiger partial charge is 0.191 e. The molecule has 1 fully saturated rings. The molecule has 6 nitrogen and oxygen atoms in total. The second-order valence-electron chi connectivity index (χ2n) is 5.92. The minimum atomic E-state index is 0.562. The molecule has 0 amide bonds. The van der Waals surface area contributed by atoms with Crippen LogP contribution in [-0.4, -0.2) is 61.8 Å². The number of aliphatic imine (C=N–C) groups is 1. The number of ether oxygens (including phenoxy) is 1. The van der Waals surface area contributed by atoms with Gasteiger partial charge in [0.1, 0.15) is 0 Å². The summed E-state index contributed by atoms with van der Waals surface area (Å²) in [6.07, 6.45) is 1.80. The first-order chi connectivity index (χ1) is 11.3. The van der Waals surface area contributed by atoms with Crippen LogP contribution in [0.15, 0.2) is 29.4 Å². The van der Waals surface area contributed by atoms with Gasteiger partial charge in [-0.3, -0.25) is 9.88 Å². The van der Waals surface area contributed by atoms with Crippen molar-refractivity contribution in [3.8, 4) is 0 Å². The van der Waals surface area contributed by atoms with Gasteiger partial charge in [0.2, 0.25) is 0 Å². The first kappa shape index (κ1) is 17.7. The zero-order valence-electron chi connectivity index (χ0n) is 14.3. The van der Waals surface area contributed by atoms with E-state index in [0.717, 1.165) is 57.6 Å². The molecule has 0 saturated carbocycles. The highest BCUT2D eigenvalue weighted by molar-refractivity contribution is 5.79. The van der Waals surface area contributed by atoms with Crippen LogP contribution in [0, 0.1) is 5.92 Å². The van der Waals surface area contributed by atoms with Gasteiger partial charge in [0, 0.05) is 38.9 Å². The fraction of sp³-hybridized carbons (Fsp3) is 0.647. The Balaban J connectivity index is 1.76. The first-order valence-corrected chi connectivity index (χ1v) is 8.50. The van der Waals surface area contributed by atoms with Gasteiger partial charge in [0.25, 0.3) is 0 Å². The molecule has 0 bridgehead atoms. The van der Waals surface area contributed by atoms with Crippen molar-refractivity contribution in [2.45, 2.75) is 20.4 Å². The minimum Gasteiger partial charge on any atom is -0.379 e. The molecule has 0 radical (unpaired) electrons. The molecule has 2 heterocycles. The van der Waals surface area contributed by atoms with Gasteiger partial charge in [-0.15, -0.1) is 0 Å². The molecule has 6 heteroatoms. The summed E-state index contributed by atoms with van der Waals surface area (Å²) in [5, 5.41) is 6.72. The lowest BCUT2D eigenvalue weighted by atomic mass is 10.1. The zero-order chi connectivity index (χ0) is 16.3. The van der Waals surface area contributed by atoms with E-state index in [1.165, 1.54) is 0 Å². The lowest BCUT2D eigenvalue weighted by molar-refractivity contribution is 0.0320. The fourth-order valence-corrected chi connectivity index (χ4v) is 2.55. The van der Waals surface area contributed by atoms with Crippen molar-refractivity contribution in [1.29, 1.82) is 0 Å². The highest BCUT2D eigenvalue weighted by Gasteiger charge is 2.13. The second kappa shape index (κ2) is 10.2. The maximum absolute atomic E-state index is 5.39. The van der Waals surface area contributed by atoms with E-state index in [4.69, 9.17) is 4.74 Å². The summed E-state index contributed by atoms with van der Waals surface area (Å²) in [6.45, 7) is 11.6. The Kier molecular flexibility index (Phi) is 7.83. The molecule has 0 aromatic carbocycles. The van der Waals surface area contributed by atoms with Crippen LogP contribution < -0.4 is 10.6 Å². The van der Waals surface area contributed by atoms with E-state index in [0.29, 0.717) is 12.5 Å². The lowest BCUT2D eigenvalue weighted by Gasteiger charge is -2.29. The molecule has 2 rings (SSSR count). The molecule has 1 aliphatic rings. The van der Waals surface area contributed by atoms with Gasteiger partial charge in [-0.1, -0.05) is 13.0 Å². The van der Waals surface area contributed by atoms with Crippen molar-refractivity contribution in [2.75, 3.05) is 45.9 Å². The number of rotatable bonds is 7. The molecule has 0 spiro atoms. The third-order valence-electron chi connectivity index (χ3n) is 3.76. The lowest BCUT2D eigenvalue weighted by Crippen LogP contribution is -2.44. The summed E-state index contributed by atoms with van der Waals surface area (Å²) in [5.74, 6) is 1.42. The monoisotopic (exact) mass is 319 g/mol. The second-order valence-corrected chi connectivity index (χ2v) is 5.92. The van der Waals surface area contributed by atoms with Crippen molar-refractivity contribution < 1.29 is 4.74 Å². The number of nitrogens with zero attached hydrogens (tertiary/aromatic N) is 3. The number of pyridine rings is 1. The highest BCUT2D eigenvalue weighted by atomic mass is 16.5. The summed E-state index contributed by atoms with van der Waals surface area (Å²) in [5.41, 5.74) is 0.978. The third kappa shape index (κ3) is 6.97. The molecule has 1 atom stereocenters. The van der Waals surface area contributed by atoms with Crippen LogP contribution in [0.2, 0.25) is 0 Å². The molecular formula is C17H29N5O. The summed E-state index contributed by atoms with van der Waals surface area (Å²) in [7, 11) is 0. The molecule has 2 N–H and O–H groups in total. The van der Waals surface area contributed by atoms with Crippen LogP contribution in [0.25, 0.3) is 0 Å². The average molecular weight is 319 g/mol. The van der Waals surface area contributed by atoms with Gasteiger partial charge in [0.05, 0.1) is 25.5 Å². The van der Waals surface area contributed by atoms with E-state index in [1.807, 2.05) is 18.2 Å². The average Bonchev–Trinajstić information content (AvgIpc) is 2.59. The van der Waals surface area contributed by atoms with Gasteiger partial charge in [-0.05, 0) is 25.0 Å². The molecule has 1 aromatic heterocycles. The summed E-state index contributed by atoms with van der Waals surface area (Å²) >= 11 is 0. The molecule has 23 heavy (non-hydrogen) atoms. The Bertz CT molecular complexity index is 459. The number of guanidine groups is 1. The molecule has 1 saturated heterocycles. The highest BCUT2D eigenvalue weighted by Crippen LogP contribution is 2.02. The standard InChI is InChI=1S/C17H29N5O/c1-3-18-17(21-13-16-6-4-5-7-19-16)20-12-15(2)14-22-8-10-23-11-9-22/h4-7,15H,3,8-14H2,1-2H3,(H2,18,20,21). The zero-order valence-corrected chi connectivity index (χ0v) is 14.3. The van der Waals surface area contributed by atoms with E-state index in [9.17, 15) is 0 Å². The Morgan fingerprint density at radius 1 is 1.35 bits per heavy atom. The summed E-state index contributed by atoms with van der Waals surface area (Å²) in [6, 6.07) is 5.90. The molecule has 1 unspecified atom stereocenters. The largest absolute Gasteiger partial charge is 0.379 e. The van der Waals surface area contributed by atoms with E-state index in [2.05, 4.69) is 39.4 Å². The predicted molar refractivity (Wildman–Crippen MR) is 93.5 cm³/mol. The maximum atomic E-state index is 5.39. The normalized spacial score (nSPS) is 17.7. The fourth-order valence-electron chi connectivity index (χ4n) is 2.55. The summed E-state index contributed by atoms with van der Waals surface area (Å²) in [4.78, 5) is 11.4. The van der Waals surface area contributed by atoms with Crippen LogP contribution in [0.5, 0.6) is 0 Å². The Morgan fingerprint density at radius 2 is 2.17 bits per heavy atom. The van der Waals surface area contributed by atoms with Crippen LogP contribution in [0.4, 0.5) is 0 Å². The molecule has 1 aromatic rings. The number of hydrogen-bond acceptors (Lipinski definition) is 4. The Hall–Kier alpha value is -1.66. The number of aromatic nitrogens is 1. The van der Waals surface area contributed by atoms with Crippen molar-refractivity contribution in [1.82, 2.24) is 20.5 Å². The van der Waals surface area contributed by atoms with Crippen molar-refractivity contribution >= 4 is 5.96 Å². The van der Waals surface area contributed by atoms with Crippen molar-refractivity contribution in [2.24, 2.45) is 10.9 Å². The molecule has 128 valence electrons. The molecule has 0 aliphatic carbocycles. The number of morpholine rings is 1. The predicted octanol–water partition coefficient (Wildman–Crippen LogP) is 1.11. The van der Waals surface area contributed by atoms with Crippen molar-refractivity contribution in [3.05, 3.63) is 30.1 Å². The third-order valence-corrected chi connectivity index (χ3v) is 3.76. The van der Waals surface area contributed by atoms with E-state index in [-0.39, 0.29) is 0 Å². The maximum Gasteiger partial charge on any atom is 0.191 e. The van der Waals surface area contributed by atoms with E-state index >= 15 is 0 Å². The quantitative estimate of drug-likeness (QED) is 0.582. The van der Waals surface area contributed by atoms with Gasteiger partial charge in [-0.2, -0.15) is 0 Å². The SMILES string of the molecule is CCNC(=NCc1ccccn1)NCC(C)CN1CCOCC1. The molecular weight excluding hydrogens is 290 g/mol. The van der Waals surface area contributed by atoms with Crippen LogP contribution in [0.1, 0.15) is 19.5 Å². The van der Waals surface area contributed by atoms with Crippen molar-refractivity contribution in [3.63, 3.8) is 0 Å². The Labute approximate surface area is 139 Å². The van der Waals surface area contributed by atoms with Gasteiger partial charge < -0.3 is 15.4 Å². The van der Waals surface area contributed by atoms with Gasteiger partial charge in [0.15, 0.2) is 5.96 Å².